The summed E-state index contributed by atoms with van der Waals surface area (Å²) < 4.78 is 5.21. The van der Waals surface area contributed by atoms with Crippen LogP contribution >= 0.6 is 0 Å². The van der Waals surface area contributed by atoms with E-state index in [2.05, 4.69) is 12.1 Å². The summed E-state index contributed by atoms with van der Waals surface area (Å²) in [7, 11) is 1.70. The predicted octanol–water partition coefficient (Wildman–Crippen LogP) is 2.76. The molecule has 2 nitrogen and oxygen atoms in total. The highest BCUT2D eigenvalue weighted by atomic mass is 16.5. The molecule has 0 spiro atoms. The average Bonchev–Trinajstić information content (AvgIpc) is 2.24. The minimum atomic E-state index is 0.303. The molecule has 1 aromatic carbocycles. The lowest BCUT2D eigenvalue weighted by molar-refractivity contribution is 0.275. The van der Waals surface area contributed by atoms with Crippen LogP contribution in [-0.2, 0) is 6.42 Å². The first-order valence-corrected chi connectivity index (χ1v) is 6.16. The maximum atomic E-state index is 6.17. The van der Waals surface area contributed by atoms with Crippen molar-refractivity contribution in [1.29, 1.82) is 0 Å². The van der Waals surface area contributed by atoms with Gasteiger partial charge in [-0.05, 0) is 36.5 Å². The van der Waals surface area contributed by atoms with E-state index in [0.29, 0.717) is 6.04 Å². The van der Waals surface area contributed by atoms with Crippen molar-refractivity contribution in [3.63, 3.8) is 0 Å². The zero-order valence-corrected chi connectivity index (χ0v) is 9.99. The van der Waals surface area contributed by atoms with Gasteiger partial charge in [-0.2, -0.15) is 0 Å². The Morgan fingerprint density at radius 2 is 2.25 bits per heavy atom. The van der Waals surface area contributed by atoms with Crippen molar-refractivity contribution in [3.8, 4) is 5.75 Å². The molecule has 0 bridgehead atoms. The number of ether oxygens (including phenoxy) is 1. The molecule has 0 aliphatic heterocycles. The lowest BCUT2D eigenvalue weighted by Gasteiger charge is -2.28. The molecular formula is C14H21NO. The van der Waals surface area contributed by atoms with Gasteiger partial charge in [0.1, 0.15) is 5.75 Å². The van der Waals surface area contributed by atoms with Gasteiger partial charge in [0.25, 0.3) is 0 Å². The second kappa shape index (κ2) is 5.35. The third-order valence-electron chi connectivity index (χ3n) is 3.49. The lowest BCUT2D eigenvalue weighted by atomic mass is 9.80. The Bertz CT molecular complexity index is 333. The Hall–Kier alpha value is -1.02. The monoisotopic (exact) mass is 219 g/mol. The molecule has 16 heavy (non-hydrogen) atoms. The van der Waals surface area contributed by atoms with Gasteiger partial charge in [-0.15, -0.1) is 0 Å². The summed E-state index contributed by atoms with van der Waals surface area (Å²) in [6.45, 7) is 0. The Kier molecular flexibility index (Phi) is 3.83. The van der Waals surface area contributed by atoms with Crippen molar-refractivity contribution >= 4 is 0 Å². The smallest absolute Gasteiger partial charge is 0.119 e. The van der Waals surface area contributed by atoms with Crippen LogP contribution in [0.4, 0.5) is 0 Å². The molecule has 2 rings (SSSR count). The number of benzene rings is 1. The van der Waals surface area contributed by atoms with Crippen LogP contribution < -0.4 is 10.5 Å². The number of hydrogen-bond donors (Lipinski definition) is 1. The minimum absolute atomic E-state index is 0.303. The largest absolute Gasteiger partial charge is 0.497 e. The van der Waals surface area contributed by atoms with Gasteiger partial charge in [-0.3, -0.25) is 0 Å². The highest BCUT2D eigenvalue weighted by molar-refractivity contribution is 5.28. The van der Waals surface area contributed by atoms with Crippen molar-refractivity contribution < 1.29 is 4.74 Å². The highest BCUT2D eigenvalue weighted by Gasteiger charge is 2.20. The first kappa shape index (κ1) is 11.5. The number of nitrogens with two attached hydrogens (primary N) is 1. The molecule has 1 atom stereocenters. The third kappa shape index (κ3) is 2.99. The van der Waals surface area contributed by atoms with E-state index in [0.717, 1.165) is 18.1 Å². The van der Waals surface area contributed by atoms with Crippen LogP contribution in [0.15, 0.2) is 24.3 Å². The zero-order valence-electron chi connectivity index (χ0n) is 9.99. The fraction of sp³-hybridized carbons (Fsp3) is 0.571. The standard InChI is InChI=1S/C14H21NO/c1-16-14-7-3-6-12(10-14)9-13(15)8-11-4-2-5-11/h3,6-7,10-11,13H,2,4-5,8-9,15H2,1H3. The summed E-state index contributed by atoms with van der Waals surface area (Å²) >= 11 is 0. The van der Waals surface area contributed by atoms with Gasteiger partial charge in [0.15, 0.2) is 0 Å². The maximum Gasteiger partial charge on any atom is 0.119 e. The van der Waals surface area contributed by atoms with Crippen molar-refractivity contribution in [2.45, 2.75) is 38.1 Å². The Balaban J connectivity index is 1.86. The van der Waals surface area contributed by atoms with E-state index >= 15 is 0 Å². The van der Waals surface area contributed by atoms with Gasteiger partial charge in [-0.25, -0.2) is 0 Å². The van der Waals surface area contributed by atoms with Gasteiger partial charge >= 0.3 is 0 Å². The molecule has 1 fully saturated rings. The van der Waals surface area contributed by atoms with Gasteiger partial charge in [0.2, 0.25) is 0 Å². The van der Waals surface area contributed by atoms with Gasteiger partial charge < -0.3 is 10.5 Å². The van der Waals surface area contributed by atoms with Gasteiger partial charge in [0.05, 0.1) is 7.11 Å². The van der Waals surface area contributed by atoms with E-state index in [4.69, 9.17) is 10.5 Å². The molecule has 2 N–H and O–H groups in total. The van der Waals surface area contributed by atoms with Crippen LogP contribution in [0.3, 0.4) is 0 Å². The molecule has 0 aromatic heterocycles. The molecule has 2 heteroatoms. The minimum Gasteiger partial charge on any atom is -0.497 e. The van der Waals surface area contributed by atoms with Crippen LogP contribution in [0, 0.1) is 5.92 Å². The van der Waals surface area contributed by atoms with Crippen molar-refractivity contribution in [1.82, 2.24) is 0 Å². The van der Waals surface area contributed by atoms with Gasteiger partial charge in [0, 0.05) is 6.04 Å². The summed E-state index contributed by atoms with van der Waals surface area (Å²) in [5, 5.41) is 0. The average molecular weight is 219 g/mol. The number of hydrogen-bond acceptors (Lipinski definition) is 2. The molecule has 1 aromatic rings. The quantitative estimate of drug-likeness (QED) is 0.826. The Labute approximate surface area is 97.8 Å². The van der Waals surface area contributed by atoms with Crippen LogP contribution in [-0.4, -0.2) is 13.2 Å². The summed E-state index contributed by atoms with van der Waals surface area (Å²) in [6, 6.07) is 8.52. The SMILES string of the molecule is COc1cccc(CC(N)CC2CCC2)c1. The fourth-order valence-electron chi connectivity index (χ4n) is 2.34. The molecule has 0 amide bonds. The lowest BCUT2D eigenvalue weighted by Crippen LogP contribution is -2.28. The predicted molar refractivity (Wildman–Crippen MR) is 66.6 cm³/mol. The van der Waals surface area contributed by atoms with E-state index in [1.807, 2.05) is 12.1 Å². The summed E-state index contributed by atoms with van der Waals surface area (Å²) in [6.07, 6.45) is 6.30. The highest BCUT2D eigenvalue weighted by Crippen LogP contribution is 2.30. The molecular weight excluding hydrogens is 198 g/mol. The van der Waals surface area contributed by atoms with Gasteiger partial charge in [-0.1, -0.05) is 31.4 Å². The summed E-state index contributed by atoms with van der Waals surface area (Å²) in [5.74, 6) is 1.81. The topological polar surface area (TPSA) is 35.2 Å². The third-order valence-corrected chi connectivity index (χ3v) is 3.49. The molecule has 88 valence electrons. The van der Waals surface area contributed by atoms with Crippen molar-refractivity contribution in [2.24, 2.45) is 11.7 Å². The van der Waals surface area contributed by atoms with E-state index < -0.39 is 0 Å². The van der Waals surface area contributed by atoms with Crippen LogP contribution in [0.1, 0.15) is 31.2 Å². The Morgan fingerprint density at radius 1 is 1.44 bits per heavy atom. The second-order valence-corrected chi connectivity index (χ2v) is 4.85. The van der Waals surface area contributed by atoms with Crippen LogP contribution in [0.5, 0.6) is 5.75 Å². The molecule has 1 unspecified atom stereocenters. The number of methoxy groups -OCH3 is 1. The van der Waals surface area contributed by atoms with Crippen molar-refractivity contribution in [2.75, 3.05) is 7.11 Å². The van der Waals surface area contributed by atoms with Crippen LogP contribution in [0.25, 0.3) is 0 Å². The summed E-state index contributed by atoms with van der Waals surface area (Å²) in [5.41, 5.74) is 7.45. The molecule has 1 aliphatic carbocycles. The van der Waals surface area contributed by atoms with Crippen LogP contribution in [0.2, 0.25) is 0 Å². The molecule has 1 aliphatic rings. The molecule has 0 radical (unpaired) electrons. The second-order valence-electron chi connectivity index (χ2n) is 4.85. The van der Waals surface area contributed by atoms with E-state index in [1.54, 1.807) is 7.11 Å². The van der Waals surface area contributed by atoms with E-state index in [1.165, 1.54) is 31.2 Å². The first-order valence-electron chi connectivity index (χ1n) is 6.16. The van der Waals surface area contributed by atoms with E-state index in [9.17, 15) is 0 Å². The summed E-state index contributed by atoms with van der Waals surface area (Å²) in [4.78, 5) is 0. The number of rotatable bonds is 5. The Morgan fingerprint density at radius 3 is 2.88 bits per heavy atom. The molecule has 1 saturated carbocycles. The van der Waals surface area contributed by atoms with Crippen molar-refractivity contribution in [3.05, 3.63) is 29.8 Å². The first-order chi connectivity index (χ1) is 7.78. The maximum absolute atomic E-state index is 6.17. The van der Waals surface area contributed by atoms with E-state index in [-0.39, 0.29) is 0 Å². The zero-order chi connectivity index (χ0) is 11.4. The molecule has 0 heterocycles. The fourth-order valence-corrected chi connectivity index (χ4v) is 2.34. The normalized spacial score (nSPS) is 17.9. The molecule has 0 saturated heterocycles.